The quantitative estimate of drug-likeness (QED) is 0.0436. The van der Waals surface area contributed by atoms with Gasteiger partial charge in [0.2, 0.25) is 0 Å². The number of carbonyl (C=O) groups is 3. The minimum Gasteiger partial charge on any atom is -0.505 e. The monoisotopic (exact) mass is 978 g/mol. The number of aromatic nitrogens is 1. The lowest BCUT2D eigenvalue weighted by molar-refractivity contribution is -0.891. The second kappa shape index (κ2) is 20.8. The number of aliphatic hydroxyl groups excluding tert-OH is 2. The normalized spacial score (nSPS) is 30.2. The van der Waals surface area contributed by atoms with Crippen LogP contribution < -0.4 is 20.2 Å². The molecule has 71 heavy (non-hydrogen) atoms. The average Bonchev–Trinajstić information content (AvgIpc) is 3.60. The number of methoxy groups -OCH3 is 1. The maximum absolute atomic E-state index is 14.8. The summed E-state index contributed by atoms with van der Waals surface area (Å²) in [6, 6.07) is 5.10. The van der Waals surface area contributed by atoms with Crippen LogP contribution in [-0.2, 0) is 23.8 Å². The van der Waals surface area contributed by atoms with Crippen LogP contribution in [0.3, 0.4) is 0 Å². The molecule has 2 aliphatic heterocycles. The van der Waals surface area contributed by atoms with E-state index >= 15 is 0 Å². The van der Waals surface area contributed by atoms with E-state index in [9.17, 15) is 34.5 Å². The zero-order valence-electron chi connectivity index (χ0n) is 42.6. The third-order valence-electron chi connectivity index (χ3n) is 14.7. The van der Waals surface area contributed by atoms with Gasteiger partial charge in [-0.3, -0.25) is 19.2 Å². The van der Waals surface area contributed by atoms with Crippen molar-refractivity contribution >= 4 is 56.3 Å². The number of Topliss-reactive ketones (excluding diaryl/α,β-unsaturated/α-hetero) is 1. The Hall–Kier alpha value is -6.33. The predicted octanol–water partition coefficient (Wildman–Crippen LogP) is 7.83. The van der Waals surface area contributed by atoms with E-state index in [0.717, 1.165) is 17.6 Å². The maximum Gasteiger partial charge on any atom is 0.312 e. The molecule has 0 saturated carbocycles. The molecular weight excluding hydrogens is 911 g/mol. The summed E-state index contributed by atoms with van der Waals surface area (Å²) in [5, 5.41) is 37.7. The molecule has 1 aliphatic carbocycles. The van der Waals surface area contributed by atoms with Crippen LogP contribution in [0.25, 0.3) is 33.0 Å². The van der Waals surface area contributed by atoms with Crippen molar-refractivity contribution in [3.63, 3.8) is 0 Å². The van der Waals surface area contributed by atoms with E-state index < -0.39 is 82.7 Å². The van der Waals surface area contributed by atoms with E-state index in [-0.39, 0.29) is 67.4 Å². The Morgan fingerprint density at radius 3 is 2.31 bits per heavy atom. The van der Waals surface area contributed by atoms with Crippen LogP contribution in [0.2, 0.25) is 0 Å². The summed E-state index contributed by atoms with van der Waals surface area (Å²) in [4.78, 5) is 60.8. The number of aliphatic hydroxyl groups is 2. The summed E-state index contributed by atoms with van der Waals surface area (Å²) in [6.45, 7) is 17.1. The number of ether oxygens (including phenoxy) is 5. The Bertz CT molecular complexity index is 2950. The summed E-state index contributed by atoms with van der Waals surface area (Å²) in [7, 11) is 5.85. The minimum atomic E-state index is -2.06. The lowest BCUT2D eigenvalue weighted by atomic mass is 9.78. The Labute approximate surface area is 413 Å². The molecule has 4 aromatic rings. The molecule has 0 fully saturated rings. The molecule has 1 amide bonds. The number of fused-ring (bicyclic) bond motifs is 5. The van der Waals surface area contributed by atoms with Gasteiger partial charge in [-0.25, -0.2) is 4.98 Å². The van der Waals surface area contributed by atoms with Gasteiger partial charge in [-0.15, -0.1) is 0 Å². The van der Waals surface area contributed by atoms with E-state index in [1.54, 1.807) is 65.0 Å². The molecule has 16 nitrogen and oxygen atoms in total. The van der Waals surface area contributed by atoms with Crippen LogP contribution in [0.15, 0.2) is 87.9 Å². The second-order valence-corrected chi connectivity index (χ2v) is 20.2. The third-order valence-corrected chi connectivity index (χ3v) is 14.7. The molecule has 3 heterocycles. The van der Waals surface area contributed by atoms with Crippen molar-refractivity contribution in [3.8, 4) is 17.2 Å². The summed E-state index contributed by atoms with van der Waals surface area (Å²) >= 11 is 0. The average molecular weight is 979 g/mol. The minimum absolute atomic E-state index is 0.0104. The molecule has 7 rings (SSSR count). The van der Waals surface area contributed by atoms with Gasteiger partial charge in [0.15, 0.2) is 22.3 Å². The highest BCUT2D eigenvalue weighted by Crippen LogP contribution is 2.48. The number of benzene rings is 3. The van der Waals surface area contributed by atoms with Crippen molar-refractivity contribution < 1.29 is 62.3 Å². The van der Waals surface area contributed by atoms with Crippen LogP contribution in [0.5, 0.6) is 17.2 Å². The lowest BCUT2D eigenvalue weighted by Crippen LogP contribution is -2.46. The molecule has 16 heteroatoms. The first-order valence-corrected chi connectivity index (χ1v) is 24.2. The highest BCUT2D eigenvalue weighted by molar-refractivity contribution is 6.26. The number of amides is 1. The van der Waals surface area contributed by atoms with Gasteiger partial charge in [-0.1, -0.05) is 70.2 Å². The maximum atomic E-state index is 14.8. The van der Waals surface area contributed by atoms with Crippen molar-refractivity contribution in [1.29, 1.82) is 0 Å². The predicted molar refractivity (Wildman–Crippen MR) is 270 cm³/mol. The van der Waals surface area contributed by atoms with E-state index in [4.69, 9.17) is 33.1 Å². The van der Waals surface area contributed by atoms with Crippen LogP contribution >= 0.6 is 0 Å². The van der Waals surface area contributed by atoms with Crippen molar-refractivity contribution in [2.24, 2.45) is 35.5 Å². The van der Waals surface area contributed by atoms with Gasteiger partial charge >= 0.3 is 11.8 Å². The van der Waals surface area contributed by atoms with Gasteiger partial charge in [0.05, 0.1) is 69.3 Å². The largest absolute Gasteiger partial charge is 0.505 e. The van der Waals surface area contributed by atoms with Crippen LogP contribution in [0.4, 0.5) is 5.69 Å². The number of carbonyl (C=O) groups excluding carboxylic acids is 3. The molecule has 2 unspecified atom stereocenters. The fourth-order valence-corrected chi connectivity index (χ4v) is 9.84. The Kier molecular flexibility index (Phi) is 15.4. The van der Waals surface area contributed by atoms with Gasteiger partial charge in [0.1, 0.15) is 34.3 Å². The third kappa shape index (κ3) is 10.4. The Balaban J connectivity index is 1.38. The zero-order valence-corrected chi connectivity index (χ0v) is 42.6. The van der Waals surface area contributed by atoms with E-state index in [1.165, 1.54) is 46.3 Å². The molecule has 0 radical (unpaired) electrons. The van der Waals surface area contributed by atoms with Crippen LogP contribution in [-0.4, -0.2) is 114 Å². The molecule has 0 spiro atoms. The first-order valence-electron chi connectivity index (χ1n) is 24.2. The van der Waals surface area contributed by atoms with Crippen molar-refractivity contribution in [2.45, 2.75) is 92.5 Å². The van der Waals surface area contributed by atoms with Crippen molar-refractivity contribution in [2.75, 3.05) is 46.2 Å². The standard InChI is InChI=1S/C55H67N3O13/c1-13-58(10,11)26-35-19-14-15-20-36(35)27-67-37-21-22-38-40(25-37)70-52-44(56-38)41-42-48(62)33(7)51-43(41)53(64)55(9,71-51)68-24-23-39(66-12)30(4)50(69-34(8)59)32(6)47(61)31(5)46(60)28(2)17-16-18-29(3)54(65)57-45(52)49(42)63/h14-25,28,30-32,35-36,39,46-47,50,60-61H,13,26-27H2,1-12H3,(H-,56,57,62,63,64,65)/p+1/b17-16+,24-23+,29-18-/t28-,30+,31+,32+,35?,36?,39-,46-,47+,50+,55-/m0/s1. The zero-order chi connectivity index (χ0) is 51.9. The number of aromatic hydroxyl groups is 1. The number of allylic oxidation sites excluding steroid dienone is 4. The van der Waals surface area contributed by atoms with Crippen LogP contribution in [0.1, 0.15) is 71.3 Å². The summed E-state index contributed by atoms with van der Waals surface area (Å²) < 4.78 is 37.8. The first-order chi connectivity index (χ1) is 33.5. The number of ketones is 1. The molecule has 3 aliphatic rings. The topological polar surface area (TPSA) is 213 Å². The van der Waals surface area contributed by atoms with Crippen molar-refractivity contribution in [1.82, 2.24) is 4.98 Å². The number of phenolic OH excluding ortho intramolecular Hbond substituents is 1. The van der Waals surface area contributed by atoms with Gasteiger partial charge < -0.3 is 53.2 Å². The molecule has 380 valence electrons. The number of quaternary nitrogens is 1. The Morgan fingerprint density at radius 2 is 1.63 bits per heavy atom. The fourth-order valence-electron chi connectivity index (χ4n) is 9.84. The number of hydrogen-bond donors (Lipinski definition) is 4. The Morgan fingerprint density at radius 1 is 0.930 bits per heavy atom. The molecule has 0 saturated heterocycles. The smallest absolute Gasteiger partial charge is 0.312 e. The lowest BCUT2D eigenvalue weighted by Gasteiger charge is -2.38. The molecular formula is C55H68N3O13+. The number of anilines is 1. The number of nitrogens with one attached hydrogen (secondary N) is 1. The molecule has 3 aromatic carbocycles. The molecule has 4 N–H and O–H groups in total. The summed E-state index contributed by atoms with van der Waals surface area (Å²) in [5.74, 6) is -6.48. The van der Waals surface area contributed by atoms with Gasteiger partial charge in [0, 0.05) is 79.1 Å². The van der Waals surface area contributed by atoms with Crippen LogP contribution in [0, 0.1) is 42.4 Å². The highest BCUT2D eigenvalue weighted by Gasteiger charge is 2.50. The fraction of sp³-hybridized carbons (Fsp3) is 0.473. The number of rotatable bonds is 8. The van der Waals surface area contributed by atoms with E-state index in [2.05, 4.69) is 44.6 Å². The van der Waals surface area contributed by atoms with Gasteiger partial charge in [-0.2, -0.15) is 0 Å². The molecule has 11 atom stereocenters. The van der Waals surface area contributed by atoms with Gasteiger partial charge in [-0.05, 0) is 39.0 Å². The number of esters is 1. The van der Waals surface area contributed by atoms with Crippen molar-refractivity contribution in [3.05, 3.63) is 100.0 Å². The highest BCUT2D eigenvalue weighted by atomic mass is 16.7. The number of nitrogens with zero attached hydrogens (tertiary/aromatic N) is 2. The second-order valence-electron chi connectivity index (χ2n) is 20.2. The summed E-state index contributed by atoms with van der Waals surface area (Å²) in [5.41, 5.74) is -0.520. The molecule has 5 bridgehead atoms. The van der Waals surface area contributed by atoms with Gasteiger partial charge in [0.25, 0.3) is 11.7 Å². The van der Waals surface area contributed by atoms with E-state index in [0.29, 0.717) is 17.9 Å². The molecule has 1 aromatic heterocycles. The van der Waals surface area contributed by atoms with E-state index in [1.807, 2.05) is 6.08 Å². The number of phenols is 1. The SMILES string of the molecule is CC[N+](C)(C)CC1C=CC=CC1COc1ccc2nc3c(oc2c1)c1c(O)c2c(=O)c(C)c4c(c23)C(=O)[C@@](C)(O/C=C/[C@H](OC)[C@@H](C)[C@@H](OC(C)=O)[C@H](C)[C@H](O)[C@H](C)[C@@H](O)[C@@H](C)/C=C/C=C(/C)C(=O)N1)O4. The first kappa shape index (κ1) is 52.5. The summed E-state index contributed by atoms with van der Waals surface area (Å²) in [6.07, 6.45) is 12.1. The number of hydrogen-bond acceptors (Lipinski definition) is 14.